The van der Waals surface area contributed by atoms with Crippen LogP contribution in [-0.2, 0) is 0 Å². The summed E-state index contributed by atoms with van der Waals surface area (Å²) in [6, 6.07) is 5.78. The molecule has 1 aromatic carbocycles. The molecule has 0 aromatic heterocycles. The SMILES string of the molecule is O=C(NCCCN1CCCCC1)c1cc(Br)ccc1I. The van der Waals surface area contributed by atoms with Crippen molar-refractivity contribution in [1.82, 2.24) is 10.2 Å². The number of amides is 1. The standard InChI is InChI=1S/C15H20BrIN2O/c16-12-5-6-14(17)13(11-12)15(20)18-7-4-10-19-8-2-1-3-9-19/h5-6,11H,1-4,7-10H2,(H,18,20). The lowest BCUT2D eigenvalue weighted by Crippen LogP contribution is -2.33. The molecule has 1 N–H and O–H groups in total. The fourth-order valence-electron chi connectivity index (χ4n) is 2.45. The van der Waals surface area contributed by atoms with Crippen LogP contribution in [0.25, 0.3) is 0 Å². The average molecular weight is 451 g/mol. The second-order valence-corrected chi connectivity index (χ2v) is 7.21. The third-order valence-electron chi connectivity index (χ3n) is 3.56. The summed E-state index contributed by atoms with van der Waals surface area (Å²) in [6.45, 7) is 4.28. The number of carbonyl (C=O) groups is 1. The molecule has 1 aromatic rings. The molecule has 5 heteroatoms. The number of piperidine rings is 1. The van der Waals surface area contributed by atoms with Crippen LogP contribution in [-0.4, -0.2) is 37.0 Å². The molecule has 1 fully saturated rings. The van der Waals surface area contributed by atoms with E-state index in [1.165, 1.54) is 32.4 Å². The summed E-state index contributed by atoms with van der Waals surface area (Å²) in [5.74, 6) is 0.0225. The van der Waals surface area contributed by atoms with E-state index >= 15 is 0 Å². The van der Waals surface area contributed by atoms with E-state index in [0.29, 0.717) is 0 Å². The lowest BCUT2D eigenvalue weighted by atomic mass is 10.1. The van der Waals surface area contributed by atoms with Gasteiger partial charge in [0.25, 0.3) is 5.91 Å². The van der Waals surface area contributed by atoms with Gasteiger partial charge in [-0.3, -0.25) is 4.79 Å². The van der Waals surface area contributed by atoms with Gasteiger partial charge < -0.3 is 10.2 Å². The van der Waals surface area contributed by atoms with Crippen molar-refractivity contribution in [3.05, 3.63) is 31.8 Å². The third-order valence-corrected chi connectivity index (χ3v) is 4.99. The van der Waals surface area contributed by atoms with Gasteiger partial charge in [0.1, 0.15) is 0 Å². The Morgan fingerprint density at radius 1 is 1.30 bits per heavy atom. The number of carbonyl (C=O) groups excluding carboxylic acids is 1. The maximum atomic E-state index is 12.1. The highest BCUT2D eigenvalue weighted by molar-refractivity contribution is 14.1. The zero-order chi connectivity index (χ0) is 14.4. The Hall–Kier alpha value is -0.140. The minimum atomic E-state index is 0.0225. The van der Waals surface area contributed by atoms with Crippen molar-refractivity contribution >= 4 is 44.4 Å². The zero-order valence-electron chi connectivity index (χ0n) is 11.5. The first-order chi connectivity index (χ1) is 9.66. The van der Waals surface area contributed by atoms with E-state index in [1.54, 1.807) is 0 Å². The number of nitrogens with one attached hydrogen (secondary N) is 1. The number of halogens is 2. The van der Waals surface area contributed by atoms with E-state index in [-0.39, 0.29) is 5.91 Å². The third kappa shape index (κ3) is 5.00. The Kier molecular flexibility index (Phi) is 6.77. The molecule has 3 nitrogen and oxygen atoms in total. The Morgan fingerprint density at radius 2 is 2.05 bits per heavy atom. The number of nitrogens with zero attached hydrogens (tertiary/aromatic N) is 1. The molecule has 2 rings (SSSR count). The summed E-state index contributed by atoms with van der Waals surface area (Å²) in [7, 11) is 0. The number of hydrogen-bond donors (Lipinski definition) is 1. The topological polar surface area (TPSA) is 32.3 Å². The highest BCUT2D eigenvalue weighted by Gasteiger charge is 2.11. The molecule has 0 aliphatic carbocycles. The summed E-state index contributed by atoms with van der Waals surface area (Å²) in [6.07, 6.45) is 5.04. The smallest absolute Gasteiger partial charge is 0.252 e. The van der Waals surface area contributed by atoms with E-state index in [1.807, 2.05) is 18.2 Å². The largest absolute Gasteiger partial charge is 0.352 e. The number of likely N-dealkylation sites (tertiary alicyclic amines) is 1. The van der Waals surface area contributed by atoms with Gasteiger partial charge in [-0.15, -0.1) is 0 Å². The molecule has 0 radical (unpaired) electrons. The second-order valence-electron chi connectivity index (χ2n) is 5.14. The Labute approximate surface area is 142 Å². The van der Waals surface area contributed by atoms with Crippen molar-refractivity contribution in [2.75, 3.05) is 26.2 Å². The minimum Gasteiger partial charge on any atom is -0.352 e. The van der Waals surface area contributed by atoms with Crippen LogP contribution in [0, 0.1) is 3.57 Å². The molecular weight excluding hydrogens is 431 g/mol. The van der Waals surface area contributed by atoms with Gasteiger partial charge in [-0.25, -0.2) is 0 Å². The Morgan fingerprint density at radius 3 is 2.80 bits per heavy atom. The molecule has 1 saturated heterocycles. The van der Waals surface area contributed by atoms with Crippen molar-refractivity contribution in [2.24, 2.45) is 0 Å². The van der Waals surface area contributed by atoms with Crippen LogP contribution in [0.15, 0.2) is 22.7 Å². The first-order valence-electron chi connectivity index (χ1n) is 7.12. The number of hydrogen-bond acceptors (Lipinski definition) is 2. The molecular formula is C15H20BrIN2O. The van der Waals surface area contributed by atoms with Gasteiger partial charge in [0, 0.05) is 14.6 Å². The molecule has 0 unspecified atom stereocenters. The first-order valence-corrected chi connectivity index (χ1v) is 8.99. The fraction of sp³-hybridized carbons (Fsp3) is 0.533. The molecule has 20 heavy (non-hydrogen) atoms. The molecule has 0 saturated carbocycles. The summed E-state index contributed by atoms with van der Waals surface area (Å²) in [5, 5.41) is 3.02. The van der Waals surface area contributed by atoms with E-state index in [4.69, 9.17) is 0 Å². The van der Waals surface area contributed by atoms with Gasteiger partial charge in [-0.1, -0.05) is 22.4 Å². The van der Waals surface area contributed by atoms with Gasteiger partial charge in [-0.2, -0.15) is 0 Å². The molecule has 0 atom stereocenters. The van der Waals surface area contributed by atoms with E-state index in [2.05, 4.69) is 48.7 Å². The van der Waals surface area contributed by atoms with E-state index in [9.17, 15) is 4.79 Å². The molecule has 1 heterocycles. The van der Waals surface area contributed by atoms with Crippen molar-refractivity contribution in [2.45, 2.75) is 25.7 Å². The quantitative estimate of drug-likeness (QED) is 0.548. The van der Waals surface area contributed by atoms with Crippen LogP contribution in [0.5, 0.6) is 0 Å². The van der Waals surface area contributed by atoms with Crippen LogP contribution in [0.1, 0.15) is 36.0 Å². The molecule has 110 valence electrons. The number of benzene rings is 1. The van der Waals surface area contributed by atoms with Crippen LogP contribution in [0.4, 0.5) is 0 Å². The monoisotopic (exact) mass is 450 g/mol. The fourth-order valence-corrected chi connectivity index (χ4v) is 3.40. The highest BCUT2D eigenvalue weighted by Crippen LogP contribution is 2.18. The zero-order valence-corrected chi connectivity index (χ0v) is 15.2. The lowest BCUT2D eigenvalue weighted by molar-refractivity contribution is 0.0950. The van der Waals surface area contributed by atoms with Gasteiger partial charge >= 0.3 is 0 Å². The minimum absolute atomic E-state index is 0.0225. The lowest BCUT2D eigenvalue weighted by Gasteiger charge is -2.26. The van der Waals surface area contributed by atoms with E-state index < -0.39 is 0 Å². The molecule has 1 aliphatic rings. The van der Waals surface area contributed by atoms with Crippen LogP contribution in [0.3, 0.4) is 0 Å². The number of rotatable bonds is 5. The van der Waals surface area contributed by atoms with Crippen LogP contribution >= 0.6 is 38.5 Å². The predicted octanol–water partition coefficient (Wildman–Crippen LogP) is 3.66. The molecule has 1 aliphatic heterocycles. The van der Waals surface area contributed by atoms with Crippen molar-refractivity contribution < 1.29 is 4.79 Å². The van der Waals surface area contributed by atoms with Crippen molar-refractivity contribution in [3.63, 3.8) is 0 Å². The maximum absolute atomic E-state index is 12.1. The first kappa shape index (κ1) is 16.2. The second kappa shape index (κ2) is 8.34. The summed E-state index contributed by atoms with van der Waals surface area (Å²) in [4.78, 5) is 14.6. The van der Waals surface area contributed by atoms with Crippen molar-refractivity contribution in [1.29, 1.82) is 0 Å². The average Bonchev–Trinajstić information content (AvgIpc) is 2.47. The summed E-state index contributed by atoms with van der Waals surface area (Å²) < 4.78 is 1.93. The molecule has 1 amide bonds. The van der Waals surface area contributed by atoms with Gasteiger partial charge in [0.2, 0.25) is 0 Å². The molecule has 0 bridgehead atoms. The summed E-state index contributed by atoms with van der Waals surface area (Å²) in [5.41, 5.74) is 0.748. The predicted molar refractivity (Wildman–Crippen MR) is 94.1 cm³/mol. The molecule has 0 spiro atoms. The Balaban J connectivity index is 1.73. The van der Waals surface area contributed by atoms with Crippen LogP contribution in [0.2, 0.25) is 0 Å². The highest BCUT2D eigenvalue weighted by atomic mass is 127. The van der Waals surface area contributed by atoms with Crippen molar-refractivity contribution in [3.8, 4) is 0 Å². The van der Waals surface area contributed by atoms with Gasteiger partial charge in [0.05, 0.1) is 5.56 Å². The normalized spacial score (nSPS) is 16.1. The van der Waals surface area contributed by atoms with Gasteiger partial charge in [-0.05, 0) is 79.7 Å². The van der Waals surface area contributed by atoms with Gasteiger partial charge in [0.15, 0.2) is 0 Å². The summed E-state index contributed by atoms with van der Waals surface area (Å²) >= 11 is 5.61. The Bertz CT molecular complexity index is 461. The van der Waals surface area contributed by atoms with Crippen LogP contribution < -0.4 is 5.32 Å². The van der Waals surface area contributed by atoms with E-state index in [0.717, 1.165) is 33.1 Å². The maximum Gasteiger partial charge on any atom is 0.252 e.